The van der Waals surface area contributed by atoms with E-state index in [2.05, 4.69) is 39.3 Å². The topological polar surface area (TPSA) is 78.4 Å². The van der Waals surface area contributed by atoms with E-state index in [-0.39, 0.29) is 5.91 Å². The molecule has 0 fully saturated rings. The summed E-state index contributed by atoms with van der Waals surface area (Å²) in [4.78, 5) is 20.1. The van der Waals surface area contributed by atoms with E-state index in [1.807, 2.05) is 12.1 Å². The third-order valence-corrected chi connectivity index (χ3v) is 2.65. The average Bonchev–Trinajstić information content (AvgIpc) is 2.40. The lowest BCUT2D eigenvalue weighted by atomic mass is 10.2. The van der Waals surface area contributed by atoms with Crippen LogP contribution in [0.15, 0.2) is 18.2 Å². The van der Waals surface area contributed by atoms with Crippen molar-refractivity contribution < 1.29 is 14.7 Å². The molecule has 1 amide bonds. The van der Waals surface area contributed by atoms with Gasteiger partial charge < -0.3 is 15.7 Å². The van der Waals surface area contributed by atoms with Crippen molar-refractivity contribution >= 4 is 40.2 Å². The number of carboxylic acid groups (broad SMARTS) is 1. The number of rotatable bonds is 0. The molecule has 92 valence electrons. The molecule has 1 aromatic carbocycles. The van der Waals surface area contributed by atoms with Gasteiger partial charge in [0.15, 0.2) is 0 Å². The highest BCUT2D eigenvalue weighted by atomic mass is 127. The van der Waals surface area contributed by atoms with E-state index < -0.39 is 5.97 Å². The fourth-order valence-electron chi connectivity index (χ4n) is 1.31. The van der Waals surface area contributed by atoms with Crippen molar-refractivity contribution in [2.45, 2.75) is 13.5 Å². The first-order valence-electron chi connectivity index (χ1n) is 4.97. The van der Waals surface area contributed by atoms with Gasteiger partial charge in [-0.15, -0.1) is 0 Å². The van der Waals surface area contributed by atoms with Gasteiger partial charge in [0.25, 0.3) is 5.97 Å². The Morgan fingerprint density at radius 3 is 2.65 bits per heavy atom. The molecule has 3 N–H and O–H groups in total. The van der Waals surface area contributed by atoms with Crippen LogP contribution in [-0.2, 0) is 16.1 Å². The maximum atomic E-state index is 11.1. The lowest BCUT2D eigenvalue weighted by Crippen LogP contribution is -2.25. The molecule has 1 aliphatic rings. The predicted molar refractivity (Wildman–Crippen MR) is 72.8 cm³/mol. The van der Waals surface area contributed by atoms with E-state index in [0.717, 1.165) is 18.2 Å². The van der Waals surface area contributed by atoms with Crippen molar-refractivity contribution in [3.63, 3.8) is 0 Å². The van der Waals surface area contributed by atoms with Gasteiger partial charge in [0.1, 0.15) is 0 Å². The first kappa shape index (κ1) is 13.8. The van der Waals surface area contributed by atoms with E-state index >= 15 is 0 Å². The molecule has 17 heavy (non-hydrogen) atoms. The molecule has 0 spiro atoms. The Morgan fingerprint density at radius 1 is 1.35 bits per heavy atom. The Kier molecular flexibility index (Phi) is 5.20. The minimum Gasteiger partial charge on any atom is -0.481 e. The predicted octanol–water partition coefficient (Wildman–Crippen LogP) is 1.42. The fraction of sp³-hybridized carbons (Fsp3) is 0.273. The van der Waals surface area contributed by atoms with Crippen LogP contribution in [0.3, 0.4) is 0 Å². The van der Waals surface area contributed by atoms with Gasteiger partial charge >= 0.3 is 0 Å². The number of carbonyl (C=O) groups is 2. The minimum atomic E-state index is -0.833. The largest absolute Gasteiger partial charge is 0.481 e. The lowest BCUT2D eigenvalue weighted by molar-refractivity contribution is -0.134. The molecule has 0 bridgehead atoms. The Bertz CT molecular complexity index is 431. The summed E-state index contributed by atoms with van der Waals surface area (Å²) in [7, 11) is 0. The smallest absolute Gasteiger partial charge is 0.300 e. The summed E-state index contributed by atoms with van der Waals surface area (Å²) in [5, 5.41) is 13.3. The van der Waals surface area contributed by atoms with Crippen LogP contribution in [0, 0.1) is 3.57 Å². The minimum absolute atomic E-state index is 0.0474. The van der Waals surface area contributed by atoms with Crippen LogP contribution in [0.25, 0.3) is 0 Å². The lowest BCUT2D eigenvalue weighted by Gasteiger charge is -2.05. The Labute approximate surface area is 113 Å². The Hall–Kier alpha value is -1.31. The van der Waals surface area contributed by atoms with Gasteiger partial charge in [-0.2, -0.15) is 0 Å². The van der Waals surface area contributed by atoms with Gasteiger partial charge in [0, 0.05) is 22.7 Å². The number of carbonyl (C=O) groups excluding carboxylic acids is 1. The zero-order valence-electron chi connectivity index (χ0n) is 9.29. The maximum Gasteiger partial charge on any atom is 0.300 e. The molecular formula is C11H13IN2O3. The van der Waals surface area contributed by atoms with Crippen molar-refractivity contribution in [3.05, 3.63) is 27.3 Å². The molecule has 6 heteroatoms. The molecular weight excluding hydrogens is 335 g/mol. The molecule has 1 heterocycles. The number of anilines is 1. The molecule has 0 aliphatic carbocycles. The van der Waals surface area contributed by atoms with Crippen LogP contribution in [0.5, 0.6) is 0 Å². The fourth-order valence-corrected chi connectivity index (χ4v) is 1.87. The van der Waals surface area contributed by atoms with E-state index in [1.54, 1.807) is 0 Å². The summed E-state index contributed by atoms with van der Waals surface area (Å²) in [6.45, 7) is 2.08. The summed E-state index contributed by atoms with van der Waals surface area (Å²) in [6.07, 6.45) is 0. The number of halogens is 1. The third-order valence-electron chi connectivity index (χ3n) is 1.98. The highest BCUT2D eigenvalue weighted by Gasteiger charge is 2.10. The first-order valence-corrected chi connectivity index (χ1v) is 6.05. The molecule has 0 saturated heterocycles. The molecule has 0 saturated carbocycles. The van der Waals surface area contributed by atoms with Gasteiger partial charge in [-0.1, -0.05) is 0 Å². The number of fused-ring (bicyclic) bond motifs is 1. The van der Waals surface area contributed by atoms with Crippen molar-refractivity contribution in [1.29, 1.82) is 0 Å². The van der Waals surface area contributed by atoms with Crippen LogP contribution < -0.4 is 10.6 Å². The van der Waals surface area contributed by atoms with E-state index in [1.165, 1.54) is 3.57 Å². The number of hydrogen-bond donors (Lipinski definition) is 3. The molecule has 0 unspecified atom stereocenters. The highest BCUT2D eigenvalue weighted by Crippen LogP contribution is 2.19. The van der Waals surface area contributed by atoms with Crippen LogP contribution in [0.2, 0.25) is 0 Å². The van der Waals surface area contributed by atoms with Crippen LogP contribution in [0.4, 0.5) is 5.69 Å². The molecule has 0 aromatic heterocycles. The maximum absolute atomic E-state index is 11.1. The number of aliphatic carboxylic acids is 1. The molecule has 1 aromatic rings. The molecule has 2 rings (SSSR count). The second-order valence-corrected chi connectivity index (χ2v) is 4.70. The second kappa shape index (κ2) is 6.43. The van der Waals surface area contributed by atoms with Crippen LogP contribution in [-0.4, -0.2) is 23.5 Å². The van der Waals surface area contributed by atoms with Crippen LogP contribution >= 0.6 is 22.6 Å². The van der Waals surface area contributed by atoms with Crippen molar-refractivity contribution in [2.24, 2.45) is 0 Å². The zero-order chi connectivity index (χ0) is 12.8. The van der Waals surface area contributed by atoms with E-state index in [0.29, 0.717) is 13.1 Å². The third kappa shape index (κ3) is 5.03. The Morgan fingerprint density at radius 2 is 2.00 bits per heavy atom. The summed E-state index contributed by atoms with van der Waals surface area (Å²) in [5.41, 5.74) is 2.21. The molecule has 0 radical (unpaired) electrons. The average molecular weight is 348 g/mol. The van der Waals surface area contributed by atoms with Crippen LogP contribution in [0.1, 0.15) is 12.5 Å². The van der Waals surface area contributed by atoms with E-state index in [4.69, 9.17) is 9.90 Å². The zero-order valence-corrected chi connectivity index (χ0v) is 11.4. The summed E-state index contributed by atoms with van der Waals surface area (Å²) < 4.78 is 1.19. The van der Waals surface area contributed by atoms with Crippen molar-refractivity contribution in [3.8, 4) is 0 Å². The van der Waals surface area contributed by atoms with Gasteiger partial charge in [-0.05, 0) is 46.4 Å². The second-order valence-electron chi connectivity index (χ2n) is 3.45. The number of amides is 1. The highest BCUT2D eigenvalue weighted by molar-refractivity contribution is 14.1. The van der Waals surface area contributed by atoms with E-state index in [9.17, 15) is 4.79 Å². The quantitative estimate of drug-likeness (QED) is 0.620. The monoisotopic (exact) mass is 348 g/mol. The summed E-state index contributed by atoms with van der Waals surface area (Å²) in [6, 6.07) is 6.12. The van der Waals surface area contributed by atoms with Gasteiger partial charge in [0.2, 0.25) is 5.91 Å². The molecule has 0 atom stereocenters. The van der Waals surface area contributed by atoms with Gasteiger partial charge in [-0.3, -0.25) is 9.59 Å². The molecule has 5 nitrogen and oxygen atoms in total. The number of hydrogen-bond acceptors (Lipinski definition) is 3. The van der Waals surface area contributed by atoms with Gasteiger partial charge in [0.05, 0.1) is 6.54 Å². The SMILES string of the molecule is CC(=O)O.O=C1CNc2ccc(I)cc2CN1. The number of nitrogens with one attached hydrogen (secondary N) is 2. The van der Waals surface area contributed by atoms with Crippen molar-refractivity contribution in [1.82, 2.24) is 5.32 Å². The number of benzene rings is 1. The Balaban J connectivity index is 0.000000317. The molecule has 1 aliphatic heterocycles. The van der Waals surface area contributed by atoms with Gasteiger partial charge in [-0.25, -0.2) is 0 Å². The number of carboxylic acids is 1. The summed E-state index contributed by atoms with van der Waals surface area (Å²) in [5.74, 6) is -0.786. The summed E-state index contributed by atoms with van der Waals surface area (Å²) >= 11 is 2.26. The first-order chi connectivity index (χ1) is 7.99. The normalized spacial score (nSPS) is 13.2. The van der Waals surface area contributed by atoms with Crippen molar-refractivity contribution in [2.75, 3.05) is 11.9 Å². The standard InChI is InChI=1S/C9H9IN2O.C2H4O2/c10-7-1-2-8-6(3-7)4-12-9(13)5-11-8;1-2(3)4/h1-3,11H,4-5H2,(H,12,13);1H3,(H,3,4).